The lowest BCUT2D eigenvalue weighted by Gasteiger charge is -2.37. The van der Waals surface area contributed by atoms with Crippen LogP contribution >= 0.6 is 0 Å². The van der Waals surface area contributed by atoms with Gasteiger partial charge in [-0.15, -0.1) is 0 Å². The smallest absolute Gasteiger partial charge is 0.251 e. The Kier molecular flexibility index (Phi) is 4.62. The Morgan fingerprint density at radius 2 is 2.00 bits per heavy atom. The number of nitrogens with zero attached hydrogens (tertiary/aromatic N) is 1. The van der Waals surface area contributed by atoms with Crippen LogP contribution in [0.3, 0.4) is 0 Å². The lowest BCUT2D eigenvalue weighted by molar-refractivity contribution is -0.144. The molecular weight excluding hydrogens is 230 g/mol. The van der Waals surface area contributed by atoms with Crippen molar-refractivity contribution in [3.63, 3.8) is 0 Å². The fraction of sp³-hybridized carbons (Fsp3) is 0.929. The molecule has 0 bridgehead atoms. The third-order valence-electron chi connectivity index (χ3n) is 4.56. The normalized spacial score (nSPS) is 34.6. The van der Waals surface area contributed by atoms with Gasteiger partial charge in [0.05, 0.1) is 6.10 Å². The molecule has 4 unspecified atom stereocenters. The van der Waals surface area contributed by atoms with Gasteiger partial charge >= 0.3 is 0 Å². The van der Waals surface area contributed by atoms with E-state index < -0.39 is 0 Å². The van der Waals surface area contributed by atoms with Gasteiger partial charge in [0.1, 0.15) is 6.10 Å². The second-order valence-electron chi connectivity index (χ2n) is 5.63. The van der Waals surface area contributed by atoms with E-state index >= 15 is 0 Å². The van der Waals surface area contributed by atoms with E-state index in [9.17, 15) is 9.90 Å². The van der Waals surface area contributed by atoms with Crippen molar-refractivity contribution in [2.75, 3.05) is 13.7 Å². The van der Waals surface area contributed by atoms with Crippen LogP contribution in [0.25, 0.3) is 0 Å². The molecule has 18 heavy (non-hydrogen) atoms. The first-order valence-electron chi connectivity index (χ1n) is 7.16. The van der Waals surface area contributed by atoms with E-state index in [0.29, 0.717) is 0 Å². The third kappa shape index (κ3) is 2.69. The molecule has 4 nitrogen and oxygen atoms in total. The fourth-order valence-corrected chi connectivity index (χ4v) is 3.43. The Labute approximate surface area is 109 Å². The van der Waals surface area contributed by atoms with Crippen LogP contribution in [0.5, 0.6) is 0 Å². The summed E-state index contributed by atoms with van der Waals surface area (Å²) < 4.78 is 5.13. The van der Waals surface area contributed by atoms with Crippen LogP contribution in [0.4, 0.5) is 0 Å². The number of likely N-dealkylation sites (tertiary alicyclic amines) is 1. The number of aliphatic hydroxyl groups excluding tert-OH is 1. The molecule has 2 aliphatic rings. The Bertz CT molecular complexity index is 295. The van der Waals surface area contributed by atoms with E-state index in [2.05, 4.69) is 0 Å². The molecule has 1 aliphatic heterocycles. The number of carbonyl (C=O) groups excluding carboxylic acids is 1. The van der Waals surface area contributed by atoms with Gasteiger partial charge in [-0.1, -0.05) is 12.8 Å². The molecule has 4 atom stereocenters. The van der Waals surface area contributed by atoms with Crippen molar-refractivity contribution in [2.45, 2.75) is 63.7 Å². The third-order valence-corrected chi connectivity index (χ3v) is 4.56. The van der Waals surface area contributed by atoms with Gasteiger partial charge in [0, 0.05) is 25.6 Å². The molecule has 104 valence electrons. The molecule has 0 spiro atoms. The second-order valence-corrected chi connectivity index (χ2v) is 5.63. The molecular formula is C14H25NO3. The van der Waals surface area contributed by atoms with Crippen LogP contribution in [-0.4, -0.2) is 47.8 Å². The molecule has 0 aromatic rings. The number of hydrogen-bond donors (Lipinski definition) is 1. The minimum absolute atomic E-state index is 0.0813. The molecule has 1 saturated carbocycles. The summed E-state index contributed by atoms with van der Waals surface area (Å²) in [5.74, 6) is 0.354. The van der Waals surface area contributed by atoms with Gasteiger partial charge in [-0.25, -0.2) is 0 Å². The zero-order chi connectivity index (χ0) is 13.1. The quantitative estimate of drug-likeness (QED) is 0.832. The Balaban J connectivity index is 2.04. The standard InChI is InChI=1S/C14H25NO3/c1-10(18-2)14(17)15-9-5-7-12(15)11-6-3-4-8-13(11)16/h10-13,16H,3-9H2,1-2H3. The topological polar surface area (TPSA) is 49.8 Å². The van der Waals surface area contributed by atoms with Crippen molar-refractivity contribution in [1.29, 1.82) is 0 Å². The molecule has 0 aromatic carbocycles. The van der Waals surface area contributed by atoms with E-state index in [1.165, 1.54) is 6.42 Å². The molecule has 1 saturated heterocycles. The van der Waals surface area contributed by atoms with Gasteiger partial charge in [-0.3, -0.25) is 4.79 Å². The number of hydrogen-bond acceptors (Lipinski definition) is 3. The Morgan fingerprint density at radius 1 is 1.28 bits per heavy atom. The van der Waals surface area contributed by atoms with Crippen LogP contribution in [0.15, 0.2) is 0 Å². The van der Waals surface area contributed by atoms with Gasteiger partial charge in [0.2, 0.25) is 0 Å². The van der Waals surface area contributed by atoms with Crippen LogP contribution in [0.1, 0.15) is 45.4 Å². The SMILES string of the molecule is COC(C)C(=O)N1CCCC1C1CCCCC1O. The zero-order valence-electron chi connectivity index (χ0n) is 11.5. The largest absolute Gasteiger partial charge is 0.393 e. The molecule has 1 heterocycles. The molecule has 0 aromatic heterocycles. The lowest BCUT2D eigenvalue weighted by Crippen LogP contribution is -2.48. The van der Waals surface area contributed by atoms with E-state index in [4.69, 9.17) is 4.74 Å². The lowest BCUT2D eigenvalue weighted by atomic mass is 9.80. The number of rotatable bonds is 3. The van der Waals surface area contributed by atoms with Gasteiger partial charge in [0.15, 0.2) is 0 Å². The van der Waals surface area contributed by atoms with Gasteiger partial charge in [0.25, 0.3) is 5.91 Å². The summed E-state index contributed by atoms with van der Waals surface area (Å²) >= 11 is 0. The predicted octanol–water partition coefficient (Wildman–Crippen LogP) is 1.56. The Hall–Kier alpha value is -0.610. The molecule has 1 aliphatic carbocycles. The summed E-state index contributed by atoms with van der Waals surface area (Å²) in [6.07, 6.45) is 5.73. The fourth-order valence-electron chi connectivity index (χ4n) is 3.43. The first-order chi connectivity index (χ1) is 8.65. The minimum Gasteiger partial charge on any atom is -0.393 e. The van der Waals surface area contributed by atoms with Crippen LogP contribution in [0, 0.1) is 5.92 Å². The molecule has 4 heteroatoms. The van der Waals surface area contributed by atoms with E-state index in [1.54, 1.807) is 14.0 Å². The van der Waals surface area contributed by atoms with E-state index in [0.717, 1.165) is 38.6 Å². The number of aliphatic hydroxyl groups is 1. The van der Waals surface area contributed by atoms with Crippen molar-refractivity contribution >= 4 is 5.91 Å². The number of amides is 1. The summed E-state index contributed by atoms with van der Waals surface area (Å²) in [5, 5.41) is 10.2. The summed E-state index contributed by atoms with van der Waals surface area (Å²) in [4.78, 5) is 14.2. The molecule has 1 amide bonds. The van der Waals surface area contributed by atoms with Gasteiger partial charge < -0.3 is 14.7 Å². The summed E-state index contributed by atoms with van der Waals surface area (Å²) in [7, 11) is 1.57. The Morgan fingerprint density at radius 3 is 2.67 bits per heavy atom. The summed E-state index contributed by atoms with van der Waals surface area (Å²) in [6.45, 7) is 2.62. The van der Waals surface area contributed by atoms with Crippen LogP contribution < -0.4 is 0 Å². The summed E-state index contributed by atoms with van der Waals surface area (Å²) in [5.41, 5.74) is 0. The van der Waals surface area contributed by atoms with Crippen molar-refractivity contribution in [3.8, 4) is 0 Å². The highest BCUT2D eigenvalue weighted by atomic mass is 16.5. The van der Waals surface area contributed by atoms with E-state index in [1.807, 2.05) is 4.90 Å². The minimum atomic E-state index is -0.369. The van der Waals surface area contributed by atoms with Crippen LogP contribution in [-0.2, 0) is 9.53 Å². The maximum absolute atomic E-state index is 12.3. The van der Waals surface area contributed by atoms with Gasteiger partial charge in [-0.2, -0.15) is 0 Å². The molecule has 2 rings (SSSR count). The van der Waals surface area contributed by atoms with Crippen molar-refractivity contribution < 1.29 is 14.6 Å². The maximum Gasteiger partial charge on any atom is 0.251 e. The number of methoxy groups -OCH3 is 1. The highest BCUT2D eigenvalue weighted by Gasteiger charge is 2.39. The maximum atomic E-state index is 12.3. The van der Waals surface area contributed by atoms with Crippen LogP contribution in [0.2, 0.25) is 0 Å². The number of ether oxygens (including phenoxy) is 1. The number of carbonyl (C=O) groups is 1. The molecule has 0 radical (unpaired) electrons. The van der Waals surface area contributed by atoms with Crippen molar-refractivity contribution in [3.05, 3.63) is 0 Å². The second kappa shape index (κ2) is 6.02. The highest BCUT2D eigenvalue weighted by molar-refractivity contribution is 5.81. The first kappa shape index (κ1) is 13.8. The highest BCUT2D eigenvalue weighted by Crippen LogP contribution is 2.34. The average molecular weight is 255 g/mol. The van der Waals surface area contributed by atoms with E-state index in [-0.39, 0.29) is 30.1 Å². The molecule has 2 fully saturated rings. The zero-order valence-corrected chi connectivity index (χ0v) is 11.5. The van der Waals surface area contributed by atoms with Crippen molar-refractivity contribution in [2.24, 2.45) is 5.92 Å². The monoisotopic (exact) mass is 255 g/mol. The first-order valence-corrected chi connectivity index (χ1v) is 7.16. The average Bonchev–Trinajstić information content (AvgIpc) is 2.86. The predicted molar refractivity (Wildman–Crippen MR) is 69.2 cm³/mol. The summed E-state index contributed by atoms with van der Waals surface area (Å²) in [6, 6.07) is 0.227. The molecule has 1 N–H and O–H groups in total. The van der Waals surface area contributed by atoms with Crippen molar-refractivity contribution in [1.82, 2.24) is 4.90 Å². The van der Waals surface area contributed by atoms with Gasteiger partial charge in [-0.05, 0) is 32.6 Å².